The molecule has 1 heterocycles. The Bertz CT molecular complexity index is 712. The van der Waals surface area contributed by atoms with Gasteiger partial charge in [0.2, 0.25) is 0 Å². The van der Waals surface area contributed by atoms with Gasteiger partial charge >= 0.3 is 0 Å². The number of carbonyl (C=O) groups is 1. The van der Waals surface area contributed by atoms with Crippen LogP contribution in [0, 0.1) is 0 Å². The molecule has 0 aromatic heterocycles. The van der Waals surface area contributed by atoms with E-state index in [0.717, 1.165) is 44.1 Å². The van der Waals surface area contributed by atoms with Crippen LogP contribution < -0.4 is 15.0 Å². The highest BCUT2D eigenvalue weighted by molar-refractivity contribution is 5.97. The maximum Gasteiger partial charge on any atom is 0.265 e. The molecule has 5 nitrogen and oxygen atoms in total. The molecule has 5 heteroatoms. The van der Waals surface area contributed by atoms with Gasteiger partial charge in [0, 0.05) is 26.2 Å². The topological polar surface area (TPSA) is 44.8 Å². The third-order valence-corrected chi connectivity index (χ3v) is 4.75. The minimum Gasteiger partial charge on any atom is -0.481 e. The highest BCUT2D eigenvalue weighted by Crippen LogP contribution is 2.27. The summed E-state index contributed by atoms with van der Waals surface area (Å²) in [6.07, 6.45) is -0.567. The quantitative estimate of drug-likeness (QED) is 0.866. The van der Waals surface area contributed by atoms with Crippen molar-refractivity contribution in [2.45, 2.75) is 20.0 Å². The zero-order valence-corrected chi connectivity index (χ0v) is 15.5. The molecule has 0 aliphatic carbocycles. The van der Waals surface area contributed by atoms with Crippen LogP contribution in [0.3, 0.4) is 0 Å². The van der Waals surface area contributed by atoms with Crippen molar-refractivity contribution in [1.82, 2.24) is 4.90 Å². The minimum absolute atomic E-state index is 0.145. The molecule has 2 aromatic rings. The second kappa shape index (κ2) is 8.72. The van der Waals surface area contributed by atoms with Gasteiger partial charge in [0.25, 0.3) is 5.91 Å². The number of para-hydroxylation sites is 3. The molecule has 1 N–H and O–H groups in total. The summed E-state index contributed by atoms with van der Waals surface area (Å²) in [5, 5.41) is 3.03. The van der Waals surface area contributed by atoms with Crippen LogP contribution in [0.2, 0.25) is 0 Å². The van der Waals surface area contributed by atoms with E-state index in [9.17, 15) is 4.79 Å². The second-order valence-electron chi connectivity index (χ2n) is 6.50. The number of hydrogen-bond donors (Lipinski definition) is 1. The Kier molecular flexibility index (Phi) is 6.12. The minimum atomic E-state index is -0.567. The maximum atomic E-state index is 12.6. The van der Waals surface area contributed by atoms with Crippen molar-refractivity contribution < 1.29 is 9.53 Å². The summed E-state index contributed by atoms with van der Waals surface area (Å²) in [4.78, 5) is 17.4. The van der Waals surface area contributed by atoms with E-state index in [4.69, 9.17) is 4.74 Å². The molecule has 1 saturated heterocycles. The third-order valence-electron chi connectivity index (χ3n) is 4.75. The smallest absolute Gasteiger partial charge is 0.265 e. The molecule has 26 heavy (non-hydrogen) atoms. The standard InChI is InChI=1S/C21H27N3O2/c1-3-23-13-15-24(16-14-23)20-12-8-7-11-19(20)22-21(25)17(2)26-18-9-5-4-6-10-18/h4-12,17H,3,13-16H2,1-2H3,(H,22,25). The van der Waals surface area contributed by atoms with Crippen molar-refractivity contribution in [2.24, 2.45) is 0 Å². The lowest BCUT2D eigenvalue weighted by Gasteiger charge is -2.36. The van der Waals surface area contributed by atoms with Gasteiger partial charge in [0.05, 0.1) is 11.4 Å². The van der Waals surface area contributed by atoms with E-state index in [2.05, 4.69) is 28.1 Å². The van der Waals surface area contributed by atoms with Crippen LogP contribution in [0.25, 0.3) is 0 Å². The predicted molar refractivity (Wildman–Crippen MR) is 106 cm³/mol. The monoisotopic (exact) mass is 353 g/mol. The summed E-state index contributed by atoms with van der Waals surface area (Å²) in [7, 11) is 0. The summed E-state index contributed by atoms with van der Waals surface area (Å²) in [5.74, 6) is 0.549. The molecule has 3 rings (SSSR count). The van der Waals surface area contributed by atoms with Crippen LogP contribution >= 0.6 is 0 Å². The van der Waals surface area contributed by atoms with E-state index in [0.29, 0.717) is 5.75 Å². The number of amides is 1. The Morgan fingerprint density at radius 3 is 2.38 bits per heavy atom. The molecule has 1 unspecified atom stereocenters. The molecule has 2 aromatic carbocycles. The van der Waals surface area contributed by atoms with Gasteiger partial charge in [-0.25, -0.2) is 0 Å². The van der Waals surface area contributed by atoms with E-state index in [1.54, 1.807) is 6.92 Å². The Balaban J connectivity index is 1.65. The predicted octanol–water partition coefficient (Wildman–Crippen LogP) is 3.23. The number of nitrogens with one attached hydrogen (secondary N) is 1. The molecular formula is C21H27N3O2. The molecule has 0 saturated carbocycles. The number of anilines is 2. The lowest BCUT2D eigenvalue weighted by molar-refractivity contribution is -0.122. The summed E-state index contributed by atoms with van der Waals surface area (Å²) in [5.41, 5.74) is 1.91. The van der Waals surface area contributed by atoms with Crippen LogP contribution in [0.4, 0.5) is 11.4 Å². The molecule has 1 atom stereocenters. The largest absolute Gasteiger partial charge is 0.481 e. The summed E-state index contributed by atoms with van der Waals surface area (Å²) in [6.45, 7) is 9.08. The van der Waals surface area contributed by atoms with Crippen LogP contribution in [0.1, 0.15) is 13.8 Å². The van der Waals surface area contributed by atoms with Crippen molar-refractivity contribution in [2.75, 3.05) is 42.9 Å². The third kappa shape index (κ3) is 4.55. The van der Waals surface area contributed by atoms with Crippen molar-refractivity contribution in [3.8, 4) is 5.75 Å². The maximum absolute atomic E-state index is 12.6. The lowest BCUT2D eigenvalue weighted by atomic mass is 10.2. The fourth-order valence-corrected chi connectivity index (χ4v) is 3.15. The second-order valence-corrected chi connectivity index (χ2v) is 6.50. The van der Waals surface area contributed by atoms with E-state index >= 15 is 0 Å². The van der Waals surface area contributed by atoms with Crippen LogP contribution in [0.15, 0.2) is 54.6 Å². The van der Waals surface area contributed by atoms with Crippen LogP contribution in [-0.2, 0) is 4.79 Å². The zero-order chi connectivity index (χ0) is 18.4. The van der Waals surface area contributed by atoms with Gasteiger partial charge in [-0.3, -0.25) is 4.79 Å². The number of hydrogen-bond acceptors (Lipinski definition) is 4. The Morgan fingerprint density at radius 2 is 1.69 bits per heavy atom. The van der Waals surface area contributed by atoms with Gasteiger partial charge in [-0.1, -0.05) is 37.3 Å². The first kappa shape index (κ1) is 18.3. The Morgan fingerprint density at radius 1 is 1.04 bits per heavy atom. The summed E-state index contributed by atoms with van der Waals surface area (Å²) >= 11 is 0. The molecule has 0 radical (unpaired) electrons. The number of carbonyl (C=O) groups excluding carboxylic acids is 1. The van der Waals surface area contributed by atoms with Gasteiger partial charge < -0.3 is 19.9 Å². The fourth-order valence-electron chi connectivity index (χ4n) is 3.15. The fraction of sp³-hybridized carbons (Fsp3) is 0.381. The highest BCUT2D eigenvalue weighted by atomic mass is 16.5. The number of ether oxygens (including phenoxy) is 1. The molecule has 1 aliphatic heterocycles. The molecule has 0 spiro atoms. The van der Waals surface area contributed by atoms with E-state index < -0.39 is 6.10 Å². The number of likely N-dealkylation sites (N-methyl/N-ethyl adjacent to an activating group) is 1. The molecular weight excluding hydrogens is 326 g/mol. The molecule has 1 amide bonds. The first-order valence-corrected chi connectivity index (χ1v) is 9.26. The van der Waals surface area contributed by atoms with E-state index in [1.807, 2.05) is 48.5 Å². The highest BCUT2D eigenvalue weighted by Gasteiger charge is 2.20. The normalized spacial score (nSPS) is 16.2. The van der Waals surface area contributed by atoms with Gasteiger partial charge in [-0.15, -0.1) is 0 Å². The number of piperazine rings is 1. The molecule has 138 valence electrons. The lowest BCUT2D eigenvalue weighted by Crippen LogP contribution is -2.46. The van der Waals surface area contributed by atoms with Crippen LogP contribution in [0.5, 0.6) is 5.75 Å². The molecule has 0 bridgehead atoms. The SMILES string of the molecule is CCN1CCN(c2ccccc2NC(=O)C(C)Oc2ccccc2)CC1. The van der Waals surface area contributed by atoms with Gasteiger partial charge in [-0.2, -0.15) is 0 Å². The summed E-state index contributed by atoms with van der Waals surface area (Å²) < 4.78 is 5.73. The average molecular weight is 353 g/mol. The van der Waals surface area contributed by atoms with Crippen molar-refractivity contribution in [1.29, 1.82) is 0 Å². The number of benzene rings is 2. The van der Waals surface area contributed by atoms with Crippen molar-refractivity contribution in [3.63, 3.8) is 0 Å². The average Bonchev–Trinajstić information content (AvgIpc) is 2.69. The molecule has 1 fully saturated rings. The van der Waals surface area contributed by atoms with Crippen LogP contribution in [-0.4, -0.2) is 49.6 Å². The number of rotatable bonds is 6. The van der Waals surface area contributed by atoms with Gasteiger partial charge in [0.15, 0.2) is 6.10 Å². The summed E-state index contributed by atoms with van der Waals surface area (Å²) in [6, 6.07) is 17.4. The Labute approximate surface area is 155 Å². The first-order chi connectivity index (χ1) is 12.7. The zero-order valence-electron chi connectivity index (χ0n) is 15.5. The van der Waals surface area contributed by atoms with Crippen molar-refractivity contribution in [3.05, 3.63) is 54.6 Å². The first-order valence-electron chi connectivity index (χ1n) is 9.26. The molecule has 1 aliphatic rings. The number of nitrogens with zero attached hydrogens (tertiary/aromatic N) is 2. The van der Waals surface area contributed by atoms with Gasteiger partial charge in [-0.05, 0) is 37.7 Å². The van der Waals surface area contributed by atoms with Crippen molar-refractivity contribution >= 4 is 17.3 Å². The van der Waals surface area contributed by atoms with E-state index in [1.165, 1.54) is 0 Å². The Hall–Kier alpha value is -2.53. The van der Waals surface area contributed by atoms with Gasteiger partial charge in [0.1, 0.15) is 5.75 Å². The van der Waals surface area contributed by atoms with E-state index in [-0.39, 0.29) is 5.91 Å².